The number of ether oxygens (including phenoxy) is 1. The summed E-state index contributed by atoms with van der Waals surface area (Å²) in [4.78, 5) is 0. The molecule has 1 heteroatoms. The van der Waals surface area contributed by atoms with Gasteiger partial charge in [-0.2, -0.15) is 0 Å². The Morgan fingerprint density at radius 1 is 1.33 bits per heavy atom. The van der Waals surface area contributed by atoms with Gasteiger partial charge in [-0.1, -0.05) is 36.9 Å². The molecule has 0 saturated heterocycles. The van der Waals surface area contributed by atoms with E-state index in [0.29, 0.717) is 6.61 Å². The lowest BCUT2D eigenvalue weighted by Gasteiger charge is -2.23. The zero-order chi connectivity index (χ0) is 11.1. The van der Waals surface area contributed by atoms with Crippen molar-refractivity contribution in [3.63, 3.8) is 0 Å². The Hall–Kier alpha value is -1.30. The van der Waals surface area contributed by atoms with Crippen LogP contribution in [0.5, 0.6) is 0 Å². The quantitative estimate of drug-likeness (QED) is 0.661. The van der Waals surface area contributed by atoms with Crippen LogP contribution >= 0.6 is 0 Å². The number of hydrogen-bond acceptors (Lipinski definition) is 1. The summed E-state index contributed by atoms with van der Waals surface area (Å²) < 4.78 is 5.82. The monoisotopic (exact) mass is 202 g/mol. The fourth-order valence-electron chi connectivity index (χ4n) is 1.23. The fourth-order valence-corrected chi connectivity index (χ4v) is 1.23. The molecular weight excluding hydrogens is 184 g/mol. The summed E-state index contributed by atoms with van der Waals surface area (Å²) in [6.45, 7) is 8.34. The van der Waals surface area contributed by atoms with Crippen LogP contribution in [0.15, 0.2) is 48.7 Å². The summed E-state index contributed by atoms with van der Waals surface area (Å²) in [6.07, 6.45) is 2.74. The van der Waals surface area contributed by atoms with Gasteiger partial charge in [0.15, 0.2) is 0 Å². The van der Waals surface area contributed by atoms with E-state index in [1.165, 1.54) is 5.56 Å². The first-order valence-electron chi connectivity index (χ1n) is 5.16. The van der Waals surface area contributed by atoms with Crippen LogP contribution in [-0.4, -0.2) is 5.60 Å². The lowest BCUT2D eigenvalue weighted by atomic mass is 10.1. The van der Waals surface area contributed by atoms with Crippen molar-refractivity contribution in [2.45, 2.75) is 32.5 Å². The molecule has 0 bridgehead atoms. The Kier molecular flexibility index (Phi) is 4.36. The predicted octanol–water partition coefficient (Wildman–Crippen LogP) is 3.71. The van der Waals surface area contributed by atoms with E-state index in [2.05, 4.69) is 38.3 Å². The van der Waals surface area contributed by atoms with Crippen molar-refractivity contribution in [1.82, 2.24) is 0 Å². The first-order chi connectivity index (χ1) is 7.14. The van der Waals surface area contributed by atoms with E-state index in [1.54, 1.807) is 0 Å². The molecule has 0 N–H and O–H groups in total. The molecule has 1 rings (SSSR count). The standard InChI is InChI=1S/C14H18O/c1-4-5-11-14(2,3)15-12-13-9-7-6-8-10-13/h5-10H,1,11-12H2,2-3H3. The van der Waals surface area contributed by atoms with E-state index >= 15 is 0 Å². The smallest absolute Gasteiger partial charge is 0.0724 e. The van der Waals surface area contributed by atoms with Crippen LogP contribution in [0, 0.1) is 0 Å². The molecule has 1 nitrogen and oxygen atoms in total. The highest BCUT2D eigenvalue weighted by Gasteiger charge is 2.16. The molecule has 0 aromatic heterocycles. The molecule has 0 saturated carbocycles. The Morgan fingerprint density at radius 2 is 2.00 bits per heavy atom. The Labute approximate surface area is 92.1 Å². The van der Waals surface area contributed by atoms with Crippen LogP contribution in [0.1, 0.15) is 25.8 Å². The highest BCUT2D eigenvalue weighted by Crippen LogP contribution is 2.17. The van der Waals surface area contributed by atoms with Crippen molar-refractivity contribution in [3.8, 4) is 0 Å². The second-order valence-electron chi connectivity index (χ2n) is 4.15. The minimum Gasteiger partial charge on any atom is -0.371 e. The molecule has 0 spiro atoms. The van der Waals surface area contributed by atoms with Gasteiger partial charge in [0.05, 0.1) is 12.2 Å². The third-order valence-electron chi connectivity index (χ3n) is 2.21. The van der Waals surface area contributed by atoms with Gasteiger partial charge in [0, 0.05) is 6.42 Å². The molecule has 0 aliphatic carbocycles. The van der Waals surface area contributed by atoms with Gasteiger partial charge in [-0.15, -0.1) is 5.73 Å². The van der Waals surface area contributed by atoms with Crippen LogP contribution in [0.3, 0.4) is 0 Å². The van der Waals surface area contributed by atoms with E-state index in [-0.39, 0.29) is 5.60 Å². The van der Waals surface area contributed by atoms with Crippen LogP contribution < -0.4 is 0 Å². The maximum absolute atomic E-state index is 5.82. The van der Waals surface area contributed by atoms with Crippen molar-refractivity contribution < 1.29 is 4.74 Å². The van der Waals surface area contributed by atoms with Gasteiger partial charge < -0.3 is 4.74 Å². The van der Waals surface area contributed by atoms with E-state index in [4.69, 9.17) is 4.74 Å². The van der Waals surface area contributed by atoms with Gasteiger partial charge in [0.2, 0.25) is 0 Å². The molecule has 1 aromatic carbocycles. The molecular formula is C14H18O. The van der Waals surface area contributed by atoms with Crippen molar-refractivity contribution >= 4 is 0 Å². The zero-order valence-electron chi connectivity index (χ0n) is 9.49. The molecule has 0 radical (unpaired) electrons. The molecule has 80 valence electrons. The fraction of sp³-hybridized carbons (Fsp3) is 0.357. The van der Waals surface area contributed by atoms with E-state index in [9.17, 15) is 0 Å². The van der Waals surface area contributed by atoms with Crippen LogP contribution in [0.25, 0.3) is 0 Å². The number of hydrogen-bond donors (Lipinski definition) is 0. The highest BCUT2D eigenvalue weighted by atomic mass is 16.5. The lowest BCUT2D eigenvalue weighted by molar-refractivity contribution is -0.0268. The third-order valence-corrected chi connectivity index (χ3v) is 2.21. The largest absolute Gasteiger partial charge is 0.371 e. The summed E-state index contributed by atoms with van der Waals surface area (Å²) in [5, 5.41) is 0. The Balaban J connectivity index is 2.45. The van der Waals surface area contributed by atoms with Crippen LogP contribution in [0.4, 0.5) is 0 Å². The molecule has 0 amide bonds. The minimum absolute atomic E-state index is 0.152. The molecule has 0 aliphatic rings. The Bertz CT molecular complexity index is 332. The Morgan fingerprint density at radius 3 is 2.60 bits per heavy atom. The minimum atomic E-state index is -0.152. The van der Waals surface area contributed by atoms with Gasteiger partial charge in [-0.25, -0.2) is 0 Å². The van der Waals surface area contributed by atoms with Crippen LogP contribution in [0.2, 0.25) is 0 Å². The maximum Gasteiger partial charge on any atom is 0.0724 e. The number of benzene rings is 1. The molecule has 1 aromatic rings. The van der Waals surface area contributed by atoms with Gasteiger partial charge in [-0.05, 0) is 25.5 Å². The van der Waals surface area contributed by atoms with Gasteiger partial charge in [-0.3, -0.25) is 0 Å². The predicted molar refractivity (Wildman–Crippen MR) is 63.6 cm³/mol. The van der Waals surface area contributed by atoms with Crippen molar-refractivity contribution in [3.05, 3.63) is 54.3 Å². The highest BCUT2D eigenvalue weighted by molar-refractivity contribution is 5.13. The lowest BCUT2D eigenvalue weighted by Crippen LogP contribution is -2.23. The maximum atomic E-state index is 5.82. The normalized spacial score (nSPS) is 10.8. The van der Waals surface area contributed by atoms with Crippen LogP contribution in [-0.2, 0) is 11.3 Å². The molecule has 0 atom stereocenters. The SMILES string of the molecule is C=C=CCC(C)(C)OCc1ccccc1. The van der Waals surface area contributed by atoms with Gasteiger partial charge >= 0.3 is 0 Å². The summed E-state index contributed by atoms with van der Waals surface area (Å²) in [5.41, 5.74) is 3.82. The van der Waals surface area contributed by atoms with Gasteiger partial charge in [0.1, 0.15) is 0 Å². The third kappa shape index (κ3) is 4.64. The number of rotatable bonds is 5. The first-order valence-corrected chi connectivity index (χ1v) is 5.16. The first kappa shape index (κ1) is 11.8. The van der Waals surface area contributed by atoms with Gasteiger partial charge in [0.25, 0.3) is 0 Å². The topological polar surface area (TPSA) is 9.23 Å². The zero-order valence-corrected chi connectivity index (χ0v) is 9.49. The summed E-state index contributed by atoms with van der Waals surface area (Å²) in [6, 6.07) is 10.2. The van der Waals surface area contributed by atoms with Crippen molar-refractivity contribution in [2.24, 2.45) is 0 Å². The van der Waals surface area contributed by atoms with E-state index in [0.717, 1.165) is 6.42 Å². The average Bonchev–Trinajstić information content (AvgIpc) is 2.25. The second-order valence-corrected chi connectivity index (χ2v) is 4.15. The van der Waals surface area contributed by atoms with E-state index < -0.39 is 0 Å². The molecule has 15 heavy (non-hydrogen) atoms. The van der Waals surface area contributed by atoms with E-state index in [1.807, 2.05) is 24.3 Å². The summed E-state index contributed by atoms with van der Waals surface area (Å²) in [7, 11) is 0. The summed E-state index contributed by atoms with van der Waals surface area (Å²) >= 11 is 0. The molecule has 0 fully saturated rings. The summed E-state index contributed by atoms with van der Waals surface area (Å²) in [5.74, 6) is 0. The average molecular weight is 202 g/mol. The van der Waals surface area contributed by atoms with Crippen molar-refractivity contribution in [2.75, 3.05) is 0 Å². The molecule has 0 heterocycles. The molecule has 0 unspecified atom stereocenters. The van der Waals surface area contributed by atoms with Crippen molar-refractivity contribution in [1.29, 1.82) is 0 Å². The second kappa shape index (κ2) is 5.55. The molecule has 0 aliphatic heterocycles.